The molecule has 0 saturated heterocycles. The molecule has 5 heteroatoms. The van der Waals surface area contributed by atoms with E-state index in [1.807, 2.05) is 6.92 Å². The second kappa shape index (κ2) is 6.47. The molecule has 0 rings (SSSR count). The number of amides is 1. The molecule has 0 aliphatic heterocycles. The van der Waals surface area contributed by atoms with E-state index >= 15 is 0 Å². The van der Waals surface area contributed by atoms with Crippen molar-refractivity contribution in [1.82, 2.24) is 5.32 Å². The molecule has 0 heterocycles. The Morgan fingerprint density at radius 1 is 1.24 bits per heavy atom. The van der Waals surface area contributed by atoms with Crippen molar-refractivity contribution in [3.63, 3.8) is 0 Å². The van der Waals surface area contributed by atoms with Crippen molar-refractivity contribution < 1.29 is 19.1 Å². The van der Waals surface area contributed by atoms with Gasteiger partial charge in [0.15, 0.2) is 0 Å². The summed E-state index contributed by atoms with van der Waals surface area (Å²) in [6.45, 7) is 8.99. The lowest BCUT2D eigenvalue weighted by Gasteiger charge is -2.22. The van der Waals surface area contributed by atoms with Crippen LogP contribution in [0.2, 0.25) is 0 Å². The summed E-state index contributed by atoms with van der Waals surface area (Å²) in [6.07, 6.45) is 0.0494. The largest absolute Gasteiger partial charge is 0.469 e. The van der Waals surface area contributed by atoms with Crippen molar-refractivity contribution in [2.45, 2.75) is 52.7 Å². The molecular weight excluding hydrogens is 222 g/mol. The Labute approximate surface area is 103 Å². The highest BCUT2D eigenvalue weighted by Gasteiger charge is 2.21. The molecule has 0 bridgehead atoms. The van der Waals surface area contributed by atoms with Gasteiger partial charge in [-0.2, -0.15) is 0 Å². The van der Waals surface area contributed by atoms with E-state index in [4.69, 9.17) is 4.74 Å². The van der Waals surface area contributed by atoms with E-state index in [2.05, 4.69) is 10.1 Å². The highest BCUT2D eigenvalue weighted by Crippen LogP contribution is 2.10. The lowest BCUT2D eigenvalue weighted by Crippen LogP contribution is -2.39. The average Bonchev–Trinajstić information content (AvgIpc) is 2.12. The van der Waals surface area contributed by atoms with Gasteiger partial charge in [-0.1, -0.05) is 6.92 Å². The zero-order valence-electron chi connectivity index (χ0n) is 11.5. The van der Waals surface area contributed by atoms with Crippen molar-refractivity contribution in [2.24, 2.45) is 5.92 Å². The van der Waals surface area contributed by atoms with E-state index < -0.39 is 11.7 Å². The van der Waals surface area contributed by atoms with Gasteiger partial charge in [0.1, 0.15) is 5.60 Å². The molecule has 0 aromatic rings. The number of methoxy groups -OCH3 is 1. The van der Waals surface area contributed by atoms with Crippen molar-refractivity contribution in [2.75, 3.05) is 7.11 Å². The van der Waals surface area contributed by atoms with E-state index in [0.29, 0.717) is 6.42 Å². The first-order valence-electron chi connectivity index (χ1n) is 5.73. The quantitative estimate of drug-likeness (QED) is 0.770. The zero-order chi connectivity index (χ0) is 13.6. The van der Waals surface area contributed by atoms with Gasteiger partial charge in [-0.3, -0.25) is 4.79 Å². The Bertz CT molecular complexity index is 270. The molecule has 1 amide bonds. The average molecular weight is 245 g/mol. The van der Waals surface area contributed by atoms with E-state index in [9.17, 15) is 9.59 Å². The van der Waals surface area contributed by atoms with Gasteiger partial charge in [-0.15, -0.1) is 0 Å². The van der Waals surface area contributed by atoms with Crippen LogP contribution in [0.25, 0.3) is 0 Å². The first kappa shape index (κ1) is 15.7. The number of esters is 1. The fourth-order valence-electron chi connectivity index (χ4n) is 1.40. The standard InChI is InChI=1S/C12H23NO4/c1-8(10(14)16-6)7-9(2)13-11(15)17-12(3,4)5/h8-9H,7H2,1-6H3,(H,13,15)/t8-,9+/m1/s1. The van der Waals surface area contributed by atoms with E-state index in [-0.39, 0.29) is 17.9 Å². The molecule has 2 atom stereocenters. The monoisotopic (exact) mass is 245 g/mol. The number of hydrogen-bond acceptors (Lipinski definition) is 4. The smallest absolute Gasteiger partial charge is 0.407 e. The normalized spacial score (nSPS) is 14.7. The van der Waals surface area contributed by atoms with E-state index in [1.165, 1.54) is 7.11 Å². The lowest BCUT2D eigenvalue weighted by molar-refractivity contribution is -0.145. The summed E-state index contributed by atoms with van der Waals surface area (Å²) in [6, 6.07) is -0.140. The minimum Gasteiger partial charge on any atom is -0.469 e. The minimum atomic E-state index is -0.516. The van der Waals surface area contributed by atoms with Gasteiger partial charge < -0.3 is 14.8 Å². The molecule has 0 aromatic heterocycles. The van der Waals surface area contributed by atoms with Crippen LogP contribution in [0.15, 0.2) is 0 Å². The van der Waals surface area contributed by atoms with E-state index in [0.717, 1.165) is 0 Å². The van der Waals surface area contributed by atoms with Crippen molar-refractivity contribution in [3.05, 3.63) is 0 Å². The third-order valence-electron chi connectivity index (χ3n) is 2.07. The van der Waals surface area contributed by atoms with Crippen LogP contribution in [0.5, 0.6) is 0 Å². The molecular formula is C12H23NO4. The molecule has 0 aliphatic carbocycles. The molecule has 0 radical (unpaired) electrons. The molecule has 0 spiro atoms. The summed E-state index contributed by atoms with van der Waals surface area (Å²) in [5, 5.41) is 2.68. The van der Waals surface area contributed by atoms with Gasteiger partial charge in [-0.05, 0) is 34.1 Å². The molecule has 5 nitrogen and oxygen atoms in total. The van der Waals surface area contributed by atoms with Gasteiger partial charge in [-0.25, -0.2) is 4.79 Å². The number of ether oxygens (including phenoxy) is 2. The molecule has 17 heavy (non-hydrogen) atoms. The van der Waals surface area contributed by atoms with E-state index in [1.54, 1.807) is 27.7 Å². The predicted octanol–water partition coefficient (Wildman–Crippen LogP) is 2.10. The van der Waals surface area contributed by atoms with Crippen LogP contribution in [-0.2, 0) is 14.3 Å². The Morgan fingerprint density at radius 2 is 1.76 bits per heavy atom. The number of carbonyl (C=O) groups excluding carboxylic acids is 2. The maximum absolute atomic E-state index is 11.4. The zero-order valence-corrected chi connectivity index (χ0v) is 11.5. The summed E-state index contributed by atoms with van der Waals surface area (Å²) in [7, 11) is 1.35. The van der Waals surface area contributed by atoms with Crippen LogP contribution in [0.4, 0.5) is 4.79 Å². The SMILES string of the molecule is COC(=O)[C@H](C)C[C@H](C)NC(=O)OC(C)(C)C. The Kier molecular flexibility index (Phi) is 5.99. The molecule has 0 aliphatic rings. The maximum atomic E-state index is 11.4. The minimum absolute atomic E-state index is 0.140. The van der Waals surface area contributed by atoms with Gasteiger partial charge in [0, 0.05) is 6.04 Å². The Hall–Kier alpha value is -1.26. The number of rotatable bonds is 4. The number of alkyl carbamates (subject to hydrolysis) is 1. The third-order valence-corrected chi connectivity index (χ3v) is 2.07. The van der Waals surface area contributed by atoms with Gasteiger partial charge in [0.25, 0.3) is 0 Å². The van der Waals surface area contributed by atoms with Crippen LogP contribution in [0.3, 0.4) is 0 Å². The van der Waals surface area contributed by atoms with Crippen molar-refractivity contribution in [3.8, 4) is 0 Å². The number of carbonyl (C=O) groups is 2. The Morgan fingerprint density at radius 3 is 2.18 bits per heavy atom. The fourth-order valence-corrected chi connectivity index (χ4v) is 1.40. The van der Waals surface area contributed by atoms with Crippen LogP contribution in [0.1, 0.15) is 41.0 Å². The number of nitrogens with one attached hydrogen (secondary N) is 1. The first-order valence-corrected chi connectivity index (χ1v) is 5.73. The molecule has 0 unspecified atom stereocenters. The van der Waals surface area contributed by atoms with Crippen molar-refractivity contribution >= 4 is 12.1 Å². The molecule has 100 valence electrons. The summed E-state index contributed by atoms with van der Waals surface area (Å²) >= 11 is 0. The Balaban J connectivity index is 4.06. The van der Waals surface area contributed by atoms with Crippen LogP contribution >= 0.6 is 0 Å². The summed E-state index contributed by atoms with van der Waals surface area (Å²) < 4.78 is 9.73. The molecule has 0 fully saturated rings. The lowest BCUT2D eigenvalue weighted by atomic mass is 10.0. The summed E-state index contributed by atoms with van der Waals surface area (Å²) in [5.74, 6) is -0.521. The highest BCUT2D eigenvalue weighted by atomic mass is 16.6. The first-order chi connectivity index (χ1) is 7.65. The van der Waals surface area contributed by atoms with Crippen LogP contribution in [0, 0.1) is 5.92 Å². The highest BCUT2D eigenvalue weighted by molar-refractivity contribution is 5.72. The summed E-state index contributed by atoms with van der Waals surface area (Å²) in [5.41, 5.74) is -0.516. The third kappa shape index (κ3) is 7.60. The van der Waals surface area contributed by atoms with Crippen LogP contribution < -0.4 is 5.32 Å². The second-order valence-corrected chi connectivity index (χ2v) is 5.21. The van der Waals surface area contributed by atoms with Gasteiger partial charge >= 0.3 is 12.1 Å². The molecule has 0 aromatic carbocycles. The fraction of sp³-hybridized carbons (Fsp3) is 0.833. The second-order valence-electron chi connectivity index (χ2n) is 5.21. The van der Waals surface area contributed by atoms with Gasteiger partial charge in [0.2, 0.25) is 0 Å². The maximum Gasteiger partial charge on any atom is 0.407 e. The van der Waals surface area contributed by atoms with Crippen LogP contribution in [-0.4, -0.2) is 30.8 Å². The van der Waals surface area contributed by atoms with Crippen molar-refractivity contribution in [1.29, 1.82) is 0 Å². The molecule has 1 N–H and O–H groups in total. The predicted molar refractivity (Wildman–Crippen MR) is 64.6 cm³/mol. The summed E-state index contributed by atoms with van der Waals surface area (Å²) in [4.78, 5) is 22.6. The number of hydrogen-bond donors (Lipinski definition) is 1. The molecule has 0 saturated carbocycles. The van der Waals surface area contributed by atoms with Gasteiger partial charge in [0.05, 0.1) is 13.0 Å². The topological polar surface area (TPSA) is 64.6 Å².